The number of hydrogen-bond donors (Lipinski definition) is 2. The normalized spacial score (nSPS) is 12.3. The summed E-state index contributed by atoms with van der Waals surface area (Å²) in [6.07, 6.45) is 1.82. The van der Waals surface area contributed by atoms with Gasteiger partial charge in [-0.2, -0.15) is 0 Å². The van der Waals surface area contributed by atoms with Crippen LogP contribution in [0.4, 0.5) is 4.39 Å². The minimum atomic E-state index is -0.735. The molecule has 0 aliphatic rings. The van der Waals surface area contributed by atoms with Crippen molar-refractivity contribution in [1.29, 1.82) is 0 Å². The fourth-order valence-electron chi connectivity index (χ4n) is 4.22. The number of halogens is 2. The van der Waals surface area contributed by atoms with Crippen molar-refractivity contribution in [3.05, 3.63) is 128 Å². The Morgan fingerprint density at radius 3 is 2.41 bits per heavy atom. The van der Waals surface area contributed by atoms with E-state index < -0.39 is 11.8 Å². The number of carbonyl (C=O) groups is 1. The third-order valence-electron chi connectivity index (χ3n) is 6.24. The second kappa shape index (κ2) is 11.2. The number of hydrogen-bond acceptors (Lipinski definition) is 5. The largest absolute Gasteiger partial charge is 0.465 e. The van der Waals surface area contributed by atoms with E-state index in [0.717, 1.165) is 16.7 Å². The van der Waals surface area contributed by atoms with Crippen LogP contribution >= 0.6 is 11.6 Å². The Hall–Kier alpha value is -4.23. The molecule has 0 spiro atoms. The van der Waals surface area contributed by atoms with Crippen LogP contribution in [0.15, 0.2) is 88.9 Å². The number of pyridine rings is 1. The second-order valence-corrected chi connectivity index (χ2v) is 8.94. The average Bonchev–Trinajstić information content (AvgIpc) is 2.91. The highest BCUT2D eigenvalue weighted by Gasteiger charge is 2.22. The number of nitrogens with one attached hydrogen (secondary N) is 1. The molecule has 8 heteroatoms. The van der Waals surface area contributed by atoms with Crippen molar-refractivity contribution in [3.8, 4) is 11.1 Å². The molecule has 0 radical (unpaired) electrons. The molecular weight excluding hydrogens is 495 g/mol. The number of aromatic nitrogens is 1. The van der Waals surface area contributed by atoms with Gasteiger partial charge >= 0.3 is 5.97 Å². The summed E-state index contributed by atoms with van der Waals surface area (Å²) in [6.45, 7) is 1.68. The van der Waals surface area contributed by atoms with E-state index in [1.165, 1.54) is 25.4 Å². The third kappa shape index (κ3) is 5.62. The van der Waals surface area contributed by atoms with Gasteiger partial charge in [-0.25, -0.2) is 9.18 Å². The van der Waals surface area contributed by atoms with Gasteiger partial charge in [-0.15, -0.1) is 0 Å². The Balaban J connectivity index is 1.70. The molecule has 37 heavy (non-hydrogen) atoms. The quantitative estimate of drug-likeness (QED) is 0.129. The van der Waals surface area contributed by atoms with Crippen LogP contribution < -0.4 is 5.56 Å². The van der Waals surface area contributed by atoms with Gasteiger partial charge in [-0.1, -0.05) is 65.3 Å². The summed E-state index contributed by atoms with van der Waals surface area (Å²) in [5.74, 6) is -1.68. The molecule has 0 bridgehead atoms. The lowest BCUT2D eigenvalue weighted by molar-refractivity contribution is 0.0595. The van der Waals surface area contributed by atoms with Gasteiger partial charge in [0.05, 0.1) is 18.4 Å². The smallest absolute Gasteiger partial charge is 0.340 e. The highest BCUT2D eigenvalue weighted by Crippen LogP contribution is 2.35. The molecule has 2 N–H and O–H groups in total. The minimum absolute atomic E-state index is 0.130. The van der Waals surface area contributed by atoms with Crippen LogP contribution in [0.1, 0.15) is 45.0 Å². The van der Waals surface area contributed by atoms with Gasteiger partial charge in [-0.3, -0.25) is 4.79 Å². The van der Waals surface area contributed by atoms with E-state index in [9.17, 15) is 19.2 Å². The molecule has 4 aromatic rings. The van der Waals surface area contributed by atoms with Crippen LogP contribution in [-0.2, 0) is 4.74 Å². The molecular formula is C29H24ClFN2O4. The van der Waals surface area contributed by atoms with Gasteiger partial charge in [-0.05, 0) is 53.4 Å². The van der Waals surface area contributed by atoms with Crippen LogP contribution in [0, 0.1) is 12.7 Å². The third-order valence-corrected chi connectivity index (χ3v) is 6.59. The van der Waals surface area contributed by atoms with Crippen LogP contribution in [0.2, 0.25) is 5.02 Å². The molecule has 1 atom stereocenters. The highest BCUT2D eigenvalue weighted by molar-refractivity contribution is 6.31. The minimum Gasteiger partial charge on any atom is -0.465 e. The number of ether oxygens (including phenoxy) is 1. The SMILES string of the molecule is COC(=O)c1ccc(-c2ccc(C(C/C(=N\O)c3c[nH]c(=O)c(C)c3)c3ccccc3Cl)cc2)cc1F. The van der Waals surface area contributed by atoms with Gasteiger partial charge in [0, 0.05) is 34.7 Å². The zero-order chi connectivity index (χ0) is 26.5. The predicted octanol–water partition coefficient (Wildman–Crippen LogP) is 6.33. The molecule has 3 aromatic carbocycles. The molecule has 4 rings (SSSR count). The summed E-state index contributed by atoms with van der Waals surface area (Å²) >= 11 is 6.56. The lowest BCUT2D eigenvalue weighted by atomic mass is 9.85. The van der Waals surface area contributed by atoms with Crippen LogP contribution in [-0.4, -0.2) is 29.0 Å². The number of aryl methyl sites for hydroxylation is 1. The summed E-state index contributed by atoms with van der Waals surface area (Å²) in [5, 5.41) is 13.9. The lowest BCUT2D eigenvalue weighted by Crippen LogP contribution is -2.15. The van der Waals surface area contributed by atoms with Gasteiger partial charge in [0.1, 0.15) is 5.82 Å². The van der Waals surface area contributed by atoms with E-state index in [4.69, 9.17) is 11.6 Å². The Bertz CT molecular complexity index is 1530. The molecule has 0 aliphatic carbocycles. The summed E-state index contributed by atoms with van der Waals surface area (Å²) in [5.41, 5.74) is 4.23. The van der Waals surface area contributed by atoms with Crippen molar-refractivity contribution in [2.75, 3.05) is 7.11 Å². The highest BCUT2D eigenvalue weighted by atomic mass is 35.5. The van der Waals surface area contributed by atoms with E-state index in [1.807, 2.05) is 42.5 Å². The Labute approximate surface area is 218 Å². The molecule has 0 saturated heterocycles. The monoisotopic (exact) mass is 518 g/mol. The fourth-order valence-corrected chi connectivity index (χ4v) is 4.48. The Morgan fingerprint density at radius 2 is 1.78 bits per heavy atom. The number of carbonyl (C=O) groups excluding carboxylic acids is 1. The van der Waals surface area contributed by atoms with E-state index >= 15 is 0 Å². The molecule has 1 heterocycles. The summed E-state index contributed by atoms with van der Waals surface area (Å²) in [4.78, 5) is 26.2. The zero-order valence-electron chi connectivity index (χ0n) is 20.2. The molecule has 0 saturated carbocycles. The Morgan fingerprint density at radius 1 is 1.08 bits per heavy atom. The maximum absolute atomic E-state index is 14.5. The van der Waals surface area contributed by atoms with Crippen molar-refractivity contribution >= 4 is 23.3 Å². The number of methoxy groups -OCH3 is 1. The molecule has 0 fully saturated rings. The molecule has 0 amide bonds. The molecule has 1 unspecified atom stereocenters. The van der Waals surface area contributed by atoms with Crippen LogP contribution in [0.3, 0.4) is 0 Å². The zero-order valence-corrected chi connectivity index (χ0v) is 20.9. The summed E-state index contributed by atoms with van der Waals surface area (Å²) in [7, 11) is 1.20. The first kappa shape index (κ1) is 25.9. The van der Waals surface area contributed by atoms with Gasteiger partial charge in [0.15, 0.2) is 0 Å². The number of esters is 1. The molecule has 188 valence electrons. The van der Waals surface area contributed by atoms with Crippen molar-refractivity contribution in [3.63, 3.8) is 0 Å². The molecule has 0 aliphatic heterocycles. The average molecular weight is 519 g/mol. The van der Waals surface area contributed by atoms with E-state index in [0.29, 0.717) is 33.8 Å². The van der Waals surface area contributed by atoms with Crippen LogP contribution in [0.25, 0.3) is 11.1 Å². The number of rotatable bonds is 7. The number of benzene rings is 3. The lowest BCUT2D eigenvalue weighted by Gasteiger charge is -2.20. The van der Waals surface area contributed by atoms with Crippen molar-refractivity contribution in [1.82, 2.24) is 4.98 Å². The van der Waals surface area contributed by atoms with Gasteiger partial charge < -0.3 is 14.9 Å². The van der Waals surface area contributed by atoms with E-state index in [-0.39, 0.29) is 17.0 Å². The van der Waals surface area contributed by atoms with Crippen LogP contribution in [0.5, 0.6) is 0 Å². The van der Waals surface area contributed by atoms with Crippen molar-refractivity contribution in [2.24, 2.45) is 5.16 Å². The summed E-state index contributed by atoms with van der Waals surface area (Å²) < 4.78 is 19.1. The maximum Gasteiger partial charge on any atom is 0.340 e. The first-order valence-electron chi connectivity index (χ1n) is 11.5. The summed E-state index contributed by atoms with van der Waals surface area (Å²) in [6, 6.07) is 21.0. The first-order valence-corrected chi connectivity index (χ1v) is 11.8. The van der Waals surface area contributed by atoms with Gasteiger partial charge in [0.25, 0.3) is 5.56 Å². The first-order chi connectivity index (χ1) is 17.8. The number of H-pyrrole nitrogens is 1. The van der Waals surface area contributed by atoms with Crippen molar-refractivity contribution in [2.45, 2.75) is 19.3 Å². The van der Waals surface area contributed by atoms with Crippen molar-refractivity contribution < 1.29 is 19.1 Å². The molecule has 6 nitrogen and oxygen atoms in total. The maximum atomic E-state index is 14.5. The van der Waals surface area contributed by atoms with Gasteiger partial charge in [0.2, 0.25) is 0 Å². The Kier molecular flexibility index (Phi) is 7.84. The second-order valence-electron chi connectivity index (χ2n) is 8.53. The molecule has 1 aromatic heterocycles. The standard InChI is InChI=1S/C29H24ClFN2O4/c1-17-13-21(16-32-28(17)34)27(33-36)15-24(22-5-3-4-6-25(22)30)19-9-7-18(8-10-19)20-11-12-23(26(31)14-20)29(35)37-2/h3-14,16,24,36H,15H2,1-2H3,(H,32,34)/b33-27+. The van der Waals surface area contributed by atoms with E-state index in [1.54, 1.807) is 25.1 Å². The number of aromatic amines is 1. The fraction of sp³-hybridized carbons (Fsp3) is 0.138. The predicted molar refractivity (Wildman–Crippen MR) is 141 cm³/mol. The topological polar surface area (TPSA) is 91.8 Å². The van der Waals surface area contributed by atoms with E-state index in [2.05, 4.69) is 14.9 Å². The number of oxime groups is 1. The number of nitrogens with zero attached hydrogens (tertiary/aromatic N) is 1.